The third kappa shape index (κ3) is 8.31. The summed E-state index contributed by atoms with van der Waals surface area (Å²) in [5, 5.41) is 11.6. The van der Waals surface area contributed by atoms with Crippen LogP contribution in [0.3, 0.4) is 0 Å². The zero-order valence-corrected chi connectivity index (χ0v) is 19.8. The molecule has 0 saturated heterocycles. The lowest BCUT2D eigenvalue weighted by molar-refractivity contribution is -0.429. The van der Waals surface area contributed by atoms with Crippen molar-refractivity contribution in [3.63, 3.8) is 0 Å². The Hall–Kier alpha value is -2.43. The molecule has 0 aliphatic carbocycles. The van der Waals surface area contributed by atoms with Gasteiger partial charge in [-0.25, -0.2) is 0 Å². The van der Waals surface area contributed by atoms with Crippen molar-refractivity contribution in [2.75, 3.05) is 47.5 Å². The van der Waals surface area contributed by atoms with E-state index in [0.717, 1.165) is 35.3 Å². The van der Waals surface area contributed by atoms with Crippen molar-refractivity contribution in [2.45, 2.75) is 25.3 Å². The highest BCUT2D eigenvalue weighted by atomic mass is 32.2. The number of hydrogen-bond donors (Lipinski definition) is 1. The average molecular weight is 452 g/mol. The van der Waals surface area contributed by atoms with Crippen LogP contribution < -0.4 is 5.73 Å². The average Bonchev–Trinajstić information content (AvgIpc) is 3.30. The van der Waals surface area contributed by atoms with Gasteiger partial charge >= 0.3 is 0 Å². The largest absolute Gasteiger partial charge is 0.464 e. The molecule has 9 nitrogen and oxygen atoms in total. The number of furan rings is 2. The van der Waals surface area contributed by atoms with E-state index in [1.165, 1.54) is 0 Å². The Morgan fingerprint density at radius 2 is 1.48 bits per heavy atom. The van der Waals surface area contributed by atoms with Gasteiger partial charge in [-0.3, -0.25) is 10.1 Å². The highest BCUT2D eigenvalue weighted by molar-refractivity contribution is 7.98. The molecule has 31 heavy (non-hydrogen) atoms. The quantitative estimate of drug-likeness (QED) is 0.279. The fourth-order valence-electron chi connectivity index (χ4n) is 2.94. The van der Waals surface area contributed by atoms with Crippen molar-refractivity contribution in [3.8, 4) is 0 Å². The Bertz CT molecular complexity index is 875. The predicted molar refractivity (Wildman–Crippen MR) is 123 cm³/mol. The molecule has 0 saturated carbocycles. The number of nitrogens with two attached hydrogens (primary N) is 1. The first-order valence-electron chi connectivity index (χ1n) is 10.0. The van der Waals surface area contributed by atoms with Crippen molar-refractivity contribution in [3.05, 3.63) is 68.9 Å². The highest BCUT2D eigenvalue weighted by Gasteiger charge is 2.22. The molecule has 0 fully saturated rings. The van der Waals surface area contributed by atoms with Gasteiger partial charge in [0.2, 0.25) is 0 Å². The summed E-state index contributed by atoms with van der Waals surface area (Å²) >= 11 is 1.70. The van der Waals surface area contributed by atoms with E-state index in [2.05, 4.69) is 4.90 Å². The van der Waals surface area contributed by atoms with Crippen molar-refractivity contribution >= 4 is 11.8 Å². The molecule has 10 heteroatoms. The molecule has 172 valence electrons. The van der Waals surface area contributed by atoms with Crippen molar-refractivity contribution < 1.29 is 13.8 Å². The van der Waals surface area contributed by atoms with E-state index in [4.69, 9.17) is 14.6 Å². The SMILES string of the molecule is CN(C)Cc1ccc(CSCCN(C)/C(N)=C(\Cc2ccc(CN(C)C)o2)[N+](=O)[O-])o1. The van der Waals surface area contributed by atoms with Gasteiger partial charge in [0.05, 0.1) is 23.8 Å². The van der Waals surface area contributed by atoms with E-state index < -0.39 is 4.92 Å². The van der Waals surface area contributed by atoms with Crippen molar-refractivity contribution in [1.82, 2.24) is 14.7 Å². The minimum Gasteiger partial charge on any atom is -0.464 e. The third-order valence-corrected chi connectivity index (χ3v) is 5.42. The second-order valence-electron chi connectivity index (χ2n) is 7.95. The van der Waals surface area contributed by atoms with Crippen LogP contribution in [-0.4, -0.2) is 67.2 Å². The molecule has 0 amide bonds. The first-order chi connectivity index (χ1) is 14.7. The van der Waals surface area contributed by atoms with Crippen LogP contribution in [0.25, 0.3) is 0 Å². The Morgan fingerprint density at radius 3 is 2.03 bits per heavy atom. The van der Waals surface area contributed by atoms with E-state index in [0.29, 0.717) is 18.8 Å². The highest BCUT2D eigenvalue weighted by Crippen LogP contribution is 2.19. The topological polar surface area (TPSA) is 105 Å². The van der Waals surface area contributed by atoms with Crippen LogP contribution in [0.4, 0.5) is 0 Å². The lowest BCUT2D eigenvalue weighted by atomic mass is 10.2. The van der Waals surface area contributed by atoms with Crippen LogP contribution in [0.15, 0.2) is 44.6 Å². The fourth-order valence-corrected chi connectivity index (χ4v) is 3.84. The van der Waals surface area contributed by atoms with E-state index in [1.54, 1.807) is 29.8 Å². The molecule has 2 aromatic heterocycles. The van der Waals surface area contributed by atoms with Gasteiger partial charge in [-0.15, -0.1) is 0 Å². The maximum atomic E-state index is 11.6. The van der Waals surface area contributed by atoms with Crippen LogP contribution in [0, 0.1) is 10.1 Å². The molecule has 0 spiro atoms. The van der Waals surface area contributed by atoms with Crippen LogP contribution in [-0.2, 0) is 25.3 Å². The molecule has 0 bridgehead atoms. The number of nitrogens with zero attached hydrogens (tertiary/aromatic N) is 4. The van der Waals surface area contributed by atoms with Gasteiger partial charge in [0, 0.05) is 19.3 Å². The lowest BCUT2D eigenvalue weighted by Gasteiger charge is -2.18. The Labute approximate surface area is 188 Å². The van der Waals surface area contributed by atoms with E-state index in [1.807, 2.05) is 51.3 Å². The molecule has 0 aromatic carbocycles. The molecule has 2 aromatic rings. The molecule has 2 N–H and O–H groups in total. The van der Waals surface area contributed by atoms with E-state index in [-0.39, 0.29) is 17.9 Å². The number of allylic oxidation sites excluding steroid dienone is 1. The minimum absolute atomic E-state index is 0.0464. The molecule has 0 atom stereocenters. The van der Waals surface area contributed by atoms with E-state index >= 15 is 0 Å². The minimum atomic E-state index is -0.428. The van der Waals surface area contributed by atoms with Gasteiger partial charge in [-0.05, 0) is 52.5 Å². The van der Waals surface area contributed by atoms with Crippen LogP contribution in [0.2, 0.25) is 0 Å². The van der Waals surface area contributed by atoms with Gasteiger partial charge < -0.3 is 29.3 Å². The second kappa shape index (κ2) is 11.8. The number of hydrogen-bond acceptors (Lipinski definition) is 9. The van der Waals surface area contributed by atoms with Gasteiger partial charge in [-0.2, -0.15) is 11.8 Å². The van der Waals surface area contributed by atoms with Crippen LogP contribution >= 0.6 is 11.8 Å². The summed E-state index contributed by atoms with van der Waals surface area (Å²) in [6.07, 6.45) is 0.0464. The molecule has 2 rings (SSSR count). The summed E-state index contributed by atoms with van der Waals surface area (Å²) in [6, 6.07) is 7.58. The number of rotatable bonds is 13. The van der Waals surface area contributed by atoms with Gasteiger partial charge in [0.1, 0.15) is 29.5 Å². The Balaban J connectivity index is 1.88. The fraction of sp³-hybridized carbons (Fsp3) is 0.524. The number of thioether (sulfide) groups is 1. The van der Waals surface area contributed by atoms with Gasteiger partial charge in [-0.1, -0.05) is 0 Å². The maximum absolute atomic E-state index is 11.6. The summed E-state index contributed by atoms with van der Waals surface area (Å²) in [6.45, 7) is 1.99. The second-order valence-corrected chi connectivity index (χ2v) is 9.06. The Morgan fingerprint density at radius 1 is 0.968 bits per heavy atom. The van der Waals surface area contributed by atoms with E-state index in [9.17, 15) is 10.1 Å². The zero-order valence-electron chi connectivity index (χ0n) is 19.0. The van der Waals surface area contributed by atoms with Crippen molar-refractivity contribution in [1.29, 1.82) is 0 Å². The molecule has 0 aliphatic heterocycles. The van der Waals surface area contributed by atoms with Crippen LogP contribution in [0.5, 0.6) is 0 Å². The monoisotopic (exact) mass is 451 g/mol. The number of nitro groups is 1. The standard InChI is InChI=1S/C21H33N5O4S/c1-23(2)13-17-7-6-16(29-17)12-20(26(27)28)21(22)25(5)10-11-31-15-19-9-8-18(30-19)14-24(3)4/h6-9H,10-15,22H2,1-5H3/b21-20+. The zero-order chi connectivity index (χ0) is 23.0. The Kier molecular flexibility index (Phi) is 9.47. The molecule has 0 radical (unpaired) electrons. The third-order valence-electron chi connectivity index (χ3n) is 4.46. The molecular formula is C21H33N5O4S. The summed E-state index contributed by atoms with van der Waals surface area (Å²) < 4.78 is 11.5. The normalized spacial score (nSPS) is 12.5. The lowest BCUT2D eigenvalue weighted by Crippen LogP contribution is -2.29. The molecule has 2 heterocycles. The summed E-state index contributed by atoms with van der Waals surface area (Å²) in [7, 11) is 9.63. The predicted octanol–water partition coefficient (Wildman–Crippen LogP) is 2.81. The van der Waals surface area contributed by atoms with Gasteiger partial charge in [0.15, 0.2) is 5.82 Å². The first kappa shape index (κ1) is 24.8. The summed E-state index contributed by atoms with van der Waals surface area (Å²) in [5.41, 5.74) is 6.06. The van der Waals surface area contributed by atoms with Gasteiger partial charge in [0.25, 0.3) is 5.70 Å². The van der Waals surface area contributed by atoms with Crippen molar-refractivity contribution in [2.24, 2.45) is 5.73 Å². The summed E-state index contributed by atoms with van der Waals surface area (Å²) in [4.78, 5) is 16.9. The molecule has 0 unspecified atom stereocenters. The maximum Gasteiger partial charge on any atom is 0.293 e. The molecule has 0 aliphatic rings. The summed E-state index contributed by atoms with van der Waals surface area (Å²) in [5.74, 6) is 4.81. The smallest absolute Gasteiger partial charge is 0.293 e. The van der Waals surface area contributed by atoms with Crippen LogP contribution in [0.1, 0.15) is 23.0 Å². The first-order valence-corrected chi connectivity index (χ1v) is 11.2. The molecular weight excluding hydrogens is 418 g/mol.